The molecule has 0 aliphatic heterocycles. The topological polar surface area (TPSA) is 34.1 Å². The number of allylic oxidation sites excluding steroid dienone is 1. The Morgan fingerprint density at radius 1 is 1.38 bits per heavy atom. The van der Waals surface area contributed by atoms with Gasteiger partial charge in [0, 0.05) is 6.42 Å². The lowest BCUT2D eigenvalue weighted by Crippen LogP contribution is -2.11. The Kier molecular flexibility index (Phi) is 7.17. The lowest BCUT2D eigenvalue weighted by atomic mass is 10.0. The predicted octanol–water partition coefficient (Wildman–Crippen LogP) is 2.53. The van der Waals surface area contributed by atoms with Crippen molar-refractivity contribution in [3.8, 4) is 0 Å². The Morgan fingerprint density at radius 2 is 2.08 bits per heavy atom. The second-order valence-electron chi connectivity index (χ2n) is 3.28. The zero-order chi connectivity index (χ0) is 10.1. The molecule has 0 aromatic carbocycles. The molecule has 0 aromatic heterocycles. The molecular formula is C11H18O2. The minimum atomic E-state index is -0.417. The molecule has 0 saturated carbocycles. The SMILES string of the molecule is C=CCCCCCC(=O)C(C)C=O. The van der Waals surface area contributed by atoms with Gasteiger partial charge in [-0.3, -0.25) is 4.79 Å². The fourth-order valence-corrected chi connectivity index (χ4v) is 1.07. The largest absolute Gasteiger partial charge is 0.303 e. The van der Waals surface area contributed by atoms with Crippen molar-refractivity contribution in [3.05, 3.63) is 12.7 Å². The van der Waals surface area contributed by atoms with Gasteiger partial charge in [0.1, 0.15) is 12.1 Å². The van der Waals surface area contributed by atoms with Crippen LogP contribution in [0.2, 0.25) is 0 Å². The first-order valence-corrected chi connectivity index (χ1v) is 4.81. The summed E-state index contributed by atoms with van der Waals surface area (Å²) in [5.41, 5.74) is 0. The Labute approximate surface area is 80.0 Å². The summed E-state index contributed by atoms with van der Waals surface area (Å²) in [6.45, 7) is 5.27. The van der Waals surface area contributed by atoms with Crippen LogP contribution in [0.25, 0.3) is 0 Å². The zero-order valence-corrected chi connectivity index (χ0v) is 8.29. The van der Waals surface area contributed by atoms with Crippen molar-refractivity contribution >= 4 is 12.1 Å². The molecule has 0 aromatic rings. The van der Waals surface area contributed by atoms with Gasteiger partial charge in [0.15, 0.2) is 0 Å². The van der Waals surface area contributed by atoms with Crippen LogP contribution in [-0.4, -0.2) is 12.1 Å². The van der Waals surface area contributed by atoms with E-state index >= 15 is 0 Å². The normalized spacial score (nSPS) is 12.1. The van der Waals surface area contributed by atoms with Gasteiger partial charge >= 0.3 is 0 Å². The lowest BCUT2D eigenvalue weighted by Gasteiger charge is -2.01. The summed E-state index contributed by atoms with van der Waals surface area (Å²) in [6, 6.07) is 0. The van der Waals surface area contributed by atoms with E-state index in [9.17, 15) is 9.59 Å². The van der Waals surface area contributed by atoms with E-state index in [1.165, 1.54) is 0 Å². The smallest absolute Gasteiger partial charge is 0.142 e. The van der Waals surface area contributed by atoms with E-state index in [0.29, 0.717) is 12.7 Å². The van der Waals surface area contributed by atoms with Gasteiger partial charge in [0.25, 0.3) is 0 Å². The molecule has 1 atom stereocenters. The first kappa shape index (κ1) is 12.1. The van der Waals surface area contributed by atoms with E-state index in [1.807, 2.05) is 6.08 Å². The van der Waals surface area contributed by atoms with Gasteiger partial charge in [-0.25, -0.2) is 0 Å². The molecule has 1 unspecified atom stereocenters. The predicted molar refractivity (Wildman–Crippen MR) is 53.5 cm³/mol. The summed E-state index contributed by atoms with van der Waals surface area (Å²) in [6.07, 6.45) is 7.18. The molecule has 13 heavy (non-hydrogen) atoms. The van der Waals surface area contributed by atoms with Gasteiger partial charge in [-0.2, -0.15) is 0 Å². The number of unbranched alkanes of at least 4 members (excludes halogenated alkanes) is 3. The monoisotopic (exact) mass is 182 g/mol. The molecule has 2 heteroatoms. The first-order chi connectivity index (χ1) is 6.22. The van der Waals surface area contributed by atoms with E-state index in [0.717, 1.165) is 25.7 Å². The second kappa shape index (κ2) is 7.71. The minimum Gasteiger partial charge on any atom is -0.303 e. The van der Waals surface area contributed by atoms with Crippen LogP contribution in [0.4, 0.5) is 0 Å². The third-order valence-electron chi connectivity index (χ3n) is 2.04. The Bertz CT molecular complexity index is 173. The molecule has 0 amide bonds. The summed E-state index contributed by atoms with van der Waals surface area (Å²) < 4.78 is 0. The summed E-state index contributed by atoms with van der Waals surface area (Å²) in [4.78, 5) is 21.4. The Balaban J connectivity index is 3.36. The Morgan fingerprint density at radius 3 is 2.62 bits per heavy atom. The lowest BCUT2D eigenvalue weighted by molar-refractivity contribution is -0.126. The van der Waals surface area contributed by atoms with E-state index in [4.69, 9.17) is 0 Å². The van der Waals surface area contributed by atoms with Crippen molar-refractivity contribution in [3.63, 3.8) is 0 Å². The van der Waals surface area contributed by atoms with E-state index in [-0.39, 0.29) is 5.78 Å². The van der Waals surface area contributed by atoms with Gasteiger partial charge in [-0.05, 0) is 26.2 Å². The number of carbonyl (C=O) groups is 2. The molecule has 0 aliphatic carbocycles. The van der Waals surface area contributed by atoms with E-state index in [2.05, 4.69) is 6.58 Å². The molecule has 0 heterocycles. The molecular weight excluding hydrogens is 164 g/mol. The highest BCUT2D eigenvalue weighted by atomic mass is 16.1. The van der Waals surface area contributed by atoms with E-state index < -0.39 is 5.92 Å². The van der Waals surface area contributed by atoms with Crippen LogP contribution in [-0.2, 0) is 9.59 Å². The number of hydrogen-bond acceptors (Lipinski definition) is 2. The second-order valence-corrected chi connectivity index (χ2v) is 3.28. The van der Waals surface area contributed by atoms with Gasteiger partial charge < -0.3 is 4.79 Å². The third-order valence-corrected chi connectivity index (χ3v) is 2.04. The van der Waals surface area contributed by atoms with Gasteiger partial charge in [0.2, 0.25) is 0 Å². The van der Waals surface area contributed by atoms with E-state index in [1.54, 1.807) is 6.92 Å². The molecule has 0 radical (unpaired) electrons. The molecule has 0 spiro atoms. The van der Waals surface area contributed by atoms with Crippen molar-refractivity contribution in [2.24, 2.45) is 5.92 Å². The van der Waals surface area contributed by atoms with Crippen molar-refractivity contribution < 1.29 is 9.59 Å². The number of ketones is 1. The molecule has 0 N–H and O–H groups in total. The van der Waals surface area contributed by atoms with Crippen molar-refractivity contribution in [1.82, 2.24) is 0 Å². The van der Waals surface area contributed by atoms with Gasteiger partial charge in [-0.15, -0.1) is 6.58 Å². The summed E-state index contributed by atoms with van der Waals surface area (Å²) in [5.74, 6) is -0.354. The fraction of sp³-hybridized carbons (Fsp3) is 0.636. The molecule has 0 rings (SSSR count). The van der Waals surface area contributed by atoms with Crippen molar-refractivity contribution in [2.45, 2.75) is 39.0 Å². The number of Topliss-reactive ketones (excluding diaryl/α,β-unsaturated/α-hetero) is 1. The molecule has 0 saturated heterocycles. The quantitative estimate of drug-likeness (QED) is 0.250. The van der Waals surface area contributed by atoms with Crippen LogP contribution in [0.3, 0.4) is 0 Å². The number of rotatable bonds is 8. The Hall–Kier alpha value is -0.920. The maximum Gasteiger partial charge on any atom is 0.142 e. The summed E-state index contributed by atoms with van der Waals surface area (Å²) in [7, 11) is 0. The molecule has 2 nitrogen and oxygen atoms in total. The van der Waals surface area contributed by atoms with Crippen LogP contribution in [0, 0.1) is 5.92 Å². The molecule has 0 fully saturated rings. The third kappa shape index (κ3) is 6.26. The van der Waals surface area contributed by atoms with Gasteiger partial charge in [0.05, 0.1) is 5.92 Å². The standard InChI is InChI=1S/C11H18O2/c1-3-4-5-6-7-8-11(13)10(2)9-12/h3,9-10H,1,4-8H2,2H3. The summed E-state index contributed by atoms with van der Waals surface area (Å²) in [5, 5.41) is 0. The molecule has 74 valence electrons. The van der Waals surface area contributed by atoms with Crippen LogP contribution in [0.5, 0.6) is 0 Å². The average Bonchev–Trinajstić information content (AvgIpc) is 2.16. The molecule has 0 bridgehead atoms. The van der Waals surface area contributed by atoms with Gasteiger partial charge in [-0.1, -0.05) is 12.5 Å². The van der Waals surface area contributed by atoms with Crippen molar-refractivity contribution in [1.29, 1.82) is 0 Å². The average molecular weight is 182 g/mol. The first-order valence-electron chi connectivity index (χ1n) is 4.81. The number of hydrogen-bond donors (Lipinski definition) is 0. The maximum atomic E-state index is 11.2. The fourth-order valence-electron chi connectivity index (χ4n) is 1.07. The highest BCUT2D eigenvalue weighted by Crippen LogP contribution is 2.06. The van der Waals surface area contributed by atoms with Crippen molar-refractivity contribution in [2.75, 3.05) is 0 Å². The van der Waals surface area contributed by atoms with Crippen LogP contribution in [0.1, 0.15) is 39.0 Å². The maximum absolute atomic E-state index is 11.2. The minimum absolute atomic E-state index is 0.0635. The summed E-state index contributed by atoms with van der Waals surface area (Å²) >= 11 is 0. The zero-order valence-electron chi connectivity index (χ0n) is 8.29. The highest BCUT2D eigenvalue weighted by Gasteiger charge is 2.09. The molecule has 0 aliphatic rings. The number of aldehydes is 1. The van der Waals surface area contributed by atoms with Crippen LogP contribution >= 0.6 is 0 Å². The highest BCUT2D eigenvalue weighted by molar-refractivity contribution is 5.92. The number of carbonyl (C=O) groups excluding carboxylic acids is 2. The van der Waals surface area contributed by atoms with Crippen LogP contribution < -0.4 is 0 Å². The van der Waals surface area contributed by atoms with Crippen LogP contribution in [0.15, 0.2) is 12.7 Å².